The smallest absolute Gasteiger partial charge is 0.0391 e. The fourth-order valence-corrected chi connectivity index (χ4v) is 10.4. The Balaban J connectivity index is 1.44. The van der Waals surface area contributed by atoms with Gasteiger partial charge < -0.3 is 0 Å². The summed E-state index contributed by atoms with van der Waals surface area (Å²) in [6.07, 6.45) is 7.16. The van der Waals surface area contributed by atoms with Crippen LogP contribution in [0.4, 0.5) is 0 Å². The van der Waals surface area contributed by atoms with E-state index in [-0.39, 0.29) is 10.8 Å². The molecule has 37 heavy (non-hydrogen) atoms. The molecule has 0 nitrogen and oxygen atoms in total. The van der Waals surface area contributed by atoms with Gasteiger partial charge in [-0.05, 0) is 58.3 Å². The molecule has 0 saturated carbocycles. The fourth-order valence-electron chi connectivity index (χ4n) is 7.42. The predicted molar refractivity (Wildman–Crippen MR) is 162 cm³/mol. The van der Waals surface area contributed by atoms with Crippen LogP contribution in [0.3, 0.4) is 0 Å². The first kappa shape index (κ1) is 23.9. The largest absolute Gasteiger partial charge is 0.0622 e. The second-order valence-corrected chi connectivity index (χ2v) is 12.3. The highest BCUT2D eigenvalue weighted by molar-refractivity contribution is 6.37. The van der Waals surface area contributed by atoms with Crippen molar-refractivity contribution in [3.05, 3.63) is 154 Å². The van der Waals surface area contributed by atoms with Crippen LogP contribution >= 0.6 is 0 Å². The Morgan fingerprint density at radius 2 is 0.865 bits per heavy atom. The summed E-state index contributed by atoms with van der Waals surface area (Å²) < 4.78 is 0. The first-order chi connectivity index (χ1) is 18.2. The minimum atomic E-state index is -0.491. The molecule has 2 aliphatic rings. The first-order valence-electron chi connectivity index (χ1n) is 14.0. The number of rotatable bonds is 8. The summed E-state index contributed by atoms with van der Waals surface area (Å²) in [6, 6.07) is 43.5. The van der Waals surface area contributed by atoms with Gasteiger partial charge >= 0.3 is 0 Å². The average molecular weight is 497 g/mol. The highest BCUT2D eigenvalue weighted by Gasteiger charge is 2.45. The maximum atomic E-state index is 2.49. The Morgan fingerprint density at radius 3 is 1.27 bits per heavy atom. The van der Waals surface area contributed by atoms with Crippen LogP contribution in [-0.4, -0.2) is 9.52 Å². The highest BCUT2D eigenvalue weighted by atomic mass is 28.2. The Morgan fingerprint density at radius 1 is 0.486 bits per heavy atom. The molecule has 184 valence electrons. The molecule has 0 radical (unpaired) electrons. The summed E-state index contributed by atoms with van der Waals surface area (Å²) in [4.78, 5) is 0. The molecule has 4 aromatic carbocycles. The highest BCUT2D eigenvalue weighted by Crippen LogP contribution is 2.54. The van der Waals surface area contributed by atoms with Crippen LogP contribution in [0, 0.1) is 0 Å². The quantitative estimate of drug-likeness (QED) is 0.214. The number of fused-ring (bicyclic) bond motifs is 2. The Kier molecular flexibility index (Phi) is 6.34. The molecular formula is C36H36Si. The molecule has 4 aromatic rings. The van der Waals surface area contributed by atoms with E-state index in [1.165, 1.54) is 45.5 Å². The summed E-state index contributed by atoms with van der Waals surface area (Å²) >= 11 is 0. The molecule has 0 amide bonds. The summed E-state index contributed by atoms with van der Waals surface area (Å²) in [5.41, 5.74) is 12.0. The Hall–Kier alpha value is -3.42. The number of hydrogen-bond acceptors (Lipinski definition) is 0. The molecule has 1 heteroatoms. The van der Waals surface area contributed by atoms with Gasteiger partial charge in [-0.1, -0.05) is 146 Å². The van der Waals surface area contributed by atoms with Gasteiger partial charge in [-0.3, -0.25) is 0 Å². The van der Waals surface area contributed by atoms with Crippen molar-refractivity contribution in [2.24, 2.45) is 0 Å². The third-order valence-electron chi connectivity index (χ3n) is 9.00. The van der Waals surface area contributed by atoms with Crippen LogP contribution in [0.25, 0.3) is 12.2 Å². The molecule has 2 atom stereocenters. The topological polar surface area (TPSA) is 0 Å². The predicted octanol–water partition coefficient (Wildman–Crippen LogP) is 8.58. The number of allylic oxidation sites excluding steroid dienone is 2. The van der Waals surface area contributed by atoms with Crippen molar-refractivity contribution in [3.8, 4) is 0 Å². The average Bonchev–Trinajstić information content (AvgIpc) is 3.47. The molecule has 0 fully saturated rings. The van der Waals surface area contributed by atoms with E-state index in [1.807, 2.05) is 0 Å². The van der Waals surface area contributed by atoms with Crippen LogP contribution in [0.15, 0.2) is 120 Å². The molecule has 6 rings (SSSR count). The van der Waals surface area contributed by atoms with Crippen molar-refractivity contribution < 1.29 is 0 Å². The SMILES string of the molecule is CCC1=Cc2ccccc2C1(C[SiH2]CC1(c2ccccc2)C(CC)=Cc2ccccc21)c1ccccc1. The lowest BCUT2D eigenvalue weighted by atomic mass is 9.72. The zero-order chi connectivity index (χ0) is 25.3. The maximum absolute atomic E-state index is 2.49. The van der Waals surface area contributed by atoms with E-state index in [0.29, 0.717) is 0 Å². The molecule has 0 heterocycles. The summed E-state index contributed by atoms with van der Waals surface area (Å²) in [7, 11) is -0.491. The van der Waals surface area contributed by atoms with Gasteiger partial charge in [0.05, 0.1) is 0 Å². The van der Waals surface area contributed by atoms with E-state index in [4.69, 9.17) is 0 Å². The molecule has 2 aliphatic carbocycles. The van der Waals surface area contributed by atoms with Gasteiger partial charge in [0.2, 0.25) is 0 Å². The van der Waals surface area contributed by atoms with Crippen molar-refractivity contribution in [2.45, 2.75) is 49.6 Å². The first-order valence-corrected chi connectivity index (χ1v) is 16.0. The number of hydrogen-bond donors (Lipinski definition) is 0. The molecular weight excluding hydrogens is 460 g/mol. The Bertz CT molecular complexity index is 1350. The number of benzene rings is 4. The lowest BCUT2D eigenvalue weighted by molar-refractivity contribution is 0.636. The lowest BCUT2D eigenvalue weighted by Gasteiger charge is -2.38. The summed E-state index contributed by atoms with van der Waals surface area (Å²) in [6.45, 7) is 4.68. The molecule has 0 N–H and O–H groups in total. The normalized spacial score (nSPS) is 22.1. The third-order valence-corrected chi connectivity index (χ3v) is 11.2. The monoisotopic (exact) mass is 496 g/mol. The van der Waals surface area contributed by atoms with Crippen LogP contribution < -0.4 is 0 Å². The van der Waals surface area contributed by atoms with Gasteiger partial charge in [0.1, 0.15) is 0 Å². The standard InChI is InChI=1S/C36H36Si/c1-3-29-23-27-15-11-13-21-33(27)35(29,31-17-7-5-8-18-31)25-37-26-36(32-19-9-6-10-20-32)30(4-2)24-28-16-12-14-22-34(28)36/h5-24H,3-4,25-26,37H2,1-2H3. The van der Waals surface area contributed by atoms with Crippen LogP contribution in [0.1, 0.15) is 60.1 Å². The van der Waals surface area contributed by atoms with E-state index in [9.17, 15) is 0 Å². The minimum absolute atomic E-state index is 0.00488. The van der Waals surface area contributed by atoms with E-state index in [2.05, 4.69) is 135 Å². The zero-order valence-electron chi connectivity index (χ0n) is 22.1. The molecule has 0 aliphatic heterocycles. The molecule has 0 spiro atoms. The van der Waals surface area contributed by atoms with Gasteiger partial charge in [-0.15, -0.1) is 0 Å². The van der Waals surface area contributed by atoms with E-state index in [0.717, 1.165) is 12.8 Å². The third kappa shape index (κ3) is 3.71. The molecule has 0 aromatic heterocycles. The van der Waals surface area contributed by atoms with E-state index < -0.39 is 9.52 Å². The van der Waals surface area contributed by atoms with Crippen LogP contribution in [-0.2, 0) is 10.8 Å². The Labute approximate surface area is 224 Å². The van der Waals surface area contributed by atoms with Gasteiger partial charge in [0, 0.05) is 20.3 Å². The van der Waals surface area contributed by atoms with Crippen molar-refractivity contribution in [1.82, 2.24) is 0 Å². The maximum Gasteiger partial charge on any atom is 0.0391 e. The molecule has 0 bridgehead atoms. The molecule has 0 saturated heterocycles. The van der Waals surface area contributed by atoms with Crippen molar-refractivity contribution in [1.29, 1.82) is 0 Å². The molecule has 2 unspecified atom stereocenters. The van der Waals surface area contributed by atoms with Crippen molar-refractivity contribution in [2.75, 3.05) is 0 Å². The van der Waals surface area contributed by atoms with Gasteiger partial charge in [-0.25, -0.2) is 0 Å². The zero-order valence-corrected chi connectivity index (χ0v) is 23.5. The van der Waals surface area contributed by atoms with Crippen LogP contribution in [0.2, 0.25) is 12.1 Å². The van der Waals surface area contributed by atoms with Gasteiger partial charge in [-0.2, -0.15) is 0 Å². The fraction of sp³-hybridized carbons (Fsp3) is 0.222. The lowest BCUT2D eigenvalue weighted by Crippen LogP contribution is -2.34. The summed E-state index contributed by atoms with van der Waals surface area (Å²) in [5, 5.41) is 0. The summed E-state index contributed by atoms with van der Waals surface area (Å²) in [5.74, 6) is 0. The minimum Gasteiger partial charge on any atom is -0.0622 e. The van der Waals surface area contributed by atoms with E-state index >= 15 is 0 Å². The second kappa shape index (κ2) is 9.80. The van der Waals surface area contributed by atoms with Crippen LogP contribution in [0.5, 0.6) is 0 Å². The van der Waals surface area contributed by atoms with Crippen molar-refractivity contribution in [3.63, 3.8) is 0 Å². The second-order valence-electron chi connectivity index (χ2n) is 10.6. The van der Waals surface area contributed by atoms with Crippen molar-refractivity contribution >= 4 is 21.7 Å². The van der Waals surface area contributed by atoms with Gasteiger partial charge in [0.15, 0.2) is 0 Å². The van der Waals surface area contributed by atoms with E-state index in [1.54, 1.807) is 11.1 Å². The van der Waals surface area contributed by atoms with Gasteiger partial charge in [0.25, 0.3) is 0 Å².